The van der Waals surface area contributed by atoms with Crippen LogP contribution in [0.2, 0.25) is 0 Å². The van der Waals surface area contributed by atoms with Gasteiger partial charge < -0.3 is 10.1 Å². The lowest BCUT2D eigenvalue weighted by Crippen LogP contribution is -2.19. The van der Waals surface area contributed by atoms with E-state index in [9.17, 15) is 8.42 Å². The molecule has 0 radical (unpaired) electrons. The fourth-order valence-corrected chi connectivity index (χ4v) is 3.16. The van der Waals surface area contributed by atoms with Crippen molar-refractivity contribution in [3.8, 4) is 5.75 Å². The summed E-state index contributed by atoms with van der Waals surface area (Å²) in [4.78, 5) is 0. The van der Waals surface area contributed by atoms with Gasteiger partial charge >= 0.3 is 9.15 Å². The molecule has 0 aliphatic carbocycles. The van der Waals surface area contributed by atoms with Crippen LogP contribution in [0.5, 0.6) is 5.75 Å². The normalized spacial score (nSPS) is 11.5. The van der Waals surface area contributed by atoms with E-state index in [0.29, 0.717) is 29.7 Å². The smallest absolute Gasteiger partial charge is 0.319 e. The molecular weight excluding hydrogens is 310 g/mol. The first-order chi connectivity index (χ1) is 10.0. The summed E-state index contributed by atoms with van der Waals surface area (Å²) in [5.74, 6) is 1.26. The number of hydrogen-bond donors (Lipinski definition) is 2. The zero-order valence-corrected chi connectivity index (χ0v) is 13.9. The number of benzene rings is 1. The molecular formula is C14H23NO4S2. The van der Waals surface area contributed by atoms with Crippen molar-refractivity contribution < 1.29 is 17.7 Å². The molecule has 0 aromatic heterocycles. The van der Waals surface area contributed by atoms with Crippen LogP contribution in [0.15, 0.2) is 24.3 Å². The first-order valence-electron chi connectivity index (χ1n) is 7.05. The van der Waals surface area contributed by atoms with Gasteiger partial charge in [0.2, 0.25) is 0 Å². The summed E-state index contributed by atoms with van der Waals surface area (Å²) in [5, 5.41) is 3.15. The third-order valence-electron chi connectivity index (χ3n) is 2.81. The molecule has 0 saturated heterocycles. The van der Waals surface area contributed by atoms with Gasteiger partial charge in [-0.1, -0.05) is 12.1 Å². The summed E-state index contributed by atoms with van der Waals surface area (Å²) < 4.78 is 34.9. The summed E-state index contributed by atoms with van der Waals surface area (Å²) in [6, 6.07) is 8.15. The van der Waals surface area contributed by atoms with Crippen LogP contribution in [0.3, 0.4) is 0 Å². The minimum absolute atomic E-state index is 0.359. The van der Waals surface area contributed by atoms with Gasteiger partial charge in [0.15, 0.2) is 0 Å². The van der Waals surface area contributed by atoms with Crippen molar-refractivity contribution in [2.75, 3.05) is 25.4 Å². The van der Waals surface area contributed by atoms with Crippen LogP contribution in [0.25, 0.3) is 0 Å². The van der Waals surface area contributed by atoms with Crippen molar-refractivity contribution in [2.45, 2.75) is 26.2 Å². The Labute approximate surface area is 130 Å². The zero-order valence-electron chi connectivity index (χ0n) is 12.2. The number of aryl methyl sites for hydroxylation is 1. The van der Waals surface area contributed by atoms with Crippen molar-refractivity contribution in [1.82, 2.24) is 5.32 Å². The monoisotopic (exact) mass is 333 g/mol. The van der Waals surface area contributed by atoms with Crippen LogP contribution in [-0.4, -0.2) is 38.4 Å². The maximum Gasteiger partial charge on any atom is 0.319 e. The van der Waals surface area contributed by atoms with Gasteiger partial charge in [-0.25, -0.2) is 0 Å². The average molecular weight is 333 g/mol. The Balaban J connectivity index is 2.03. The van der Waals surface area contributed by atoms with Crippen LogP contribution in [0.1, 0.15) is 25.3 Å². The van der Waals surface area contributed by atoms with E-state index < -0.39 is 9.15 Å². The molecule has 0 unspecified atom stereocenters. The molecule has 1 rings (SSSR count). The van der Waals surface area contributed by atoms with Gasteiger partial charge in [-0.3, -0.25) is 4.55 Å². The summed E-state index contributed by atoms with van der Waals surface area (Å²) >= 11 is 0. The molecule has 21 heavy (non-hydrogen) atoms. The highest BCUT2D eigenvalue weighted by Gasteiger charge is 2.03. The molecule has 0 bridgehead atoms. The Bertz CT molecular complexity index is 488. The van der Waals surface area contributed by atoms with Crippen LogP contribution in [0.4, 0.5) is 0 Å². The van der Waals surface area contributed by atoms with Gasteiger partial charge in [0, 0.05) is 12.3 Å². The number of nitrogens with one attached hydrogen (secondary N) is 1. The maximum absolute atomic E-state index is 10.5. The van der Waals surface area contributed by atoms with E-state index in [2.05, 4.69) is 17.4 Å². The Hall–Kier alpha value is -0.760. The minimum atomic E-state index is -3.90. The number of unbranched alkanes of at least 4 members (excludes halogenated alkanes) is 1. The van der Waals surface area contributed by atoms with Crippen molar-refractivity contribution in [1.29, 1.82) is 0 Å². The second kappa shape index (κ2) is 10.0. The molecule has 7 heteroatoms. The van der Waals surface area contributed by atoms with Crippen molar-refractivity contribution in [3.63, 3.8) is 0 Å². The molecule has 0 amide bonds. The zero-order chi connectivity index (χ0) is 15.6. The second-order valence-corrected chi connectivity index (χ2v) is 8.00. The molecule has 0 aliphatic rings. The maximum atomic E-state index is 10.5. The van der Waals surface area contributed by atoms with Gasteiger partial charge in [0.25, 0.3) is 0 Å². The molecule has 0 saturated carbocycles. The molecule has 0 fully saturated rings. The third-order valence-corrected chi connectivity index (χ3v) is 4.88. The summed E-state index contributed by atoms with van der Waals surface area (Å²) in [6.07, 6.45) is 3.13. The summed E-state index contributed by atoms with van der Waals surface area (Å²) in [6.45, 7) is 4.08. The van der Waals surface area contributed by atoms with E-state index in [1.807, 2.05) is 19.1 Å². The van der Waals surface area contributed by atoms with E-state index in [1.54, 1.807) is 0 Å². The predicted octanol–water partition coefficient (Wildman–Crippen LogP) is 2.53. The first-order valence-corrected chi connectivity index (χ1v) is 10.00. The van der Waals surface area contributed by atoms with Gasteiger partial charge in [-0.15, -0.1) is 0 Å². The van der Waals surface area contributed by atoms with Gasteiger partial charge in [-0.05, 0) is 61.2 Å². The van der Waals surface area contributed by atoms with Gasteiger partial charge in [0.1, 0.15) is 5.75 Å². The van der Waals surface area contributed by atoms with Crippen LogP contribution < -0.4 is 10.1 Å². The lowest BCUT2D eigenvalue weighted by atomic mass is 10.1. The highest BCUT2D eigenvalue weighted by atomic mass is 33.1. The lowest BCUT2D eigenvalue weighted by molar-refractivity contribution is 0.340. The molecule has 2 N–H and O–H groups in total. The van der Waals surface area contributed by atoms with E-state index in [0.717, 1.165) is 31.6 Å². The van der Waals surface area contributed by atoms with Crippen molar-refractivity contribution in [3.05, 3.63) is 29.8 Å². The third kappa shape index (κ3) is 9.73. The highest BCUT2D eigenvalue weighted by Crippen LogP contribution is 2.13. The van der Waals surface area contributed by atoms with Crippen molar-refractivity contribution in [2.24, 2.45) is 0 Å². The first kappa shape index (κ1) is 18.3. The van der Waals surface area contributed by atoms with Crippen LogP contribution in [-0.2, 0) is 15.6 Å². The number of rotatable bonds is 11. The Kier molecular flexibility index (Phi) is 8.75. The molecule has 1 aromatic rings. The molecule has 0 heterocycles. The topological polar surface area (TPSA) is 75.6 Å². The minimum Gasteiger partial charge on any atom is -0.494 e. The molecule has 120 valence electrons. The summed E-state index contributed by atoms with van der Waals surface area (Å²) in [5.41, 5.74) is 1.29. The molecule has 1 aromatic carbocycles. The Morgan fingerprint density at radius 3 is 2.52 bits per heavy atom. The fourth-order valence-electron chi connectivity index (χ4n) is 1.84. The fraction of sp³-hybridized carbons (Fsp3) is 0.571. The molecule has 5 nitrogen and oxygen atoms in total. The summed E-state index contributed by atoms with van der Waals surface area (Å²) in [7, 11) is -3.35. The quantitative estimate of drug-likeness (QED) is 0.368. The standard InChI is InChI=1S/C14H23NO4S2/c1-2-19-14-8-6-13(7-9-14)5-3-4-10-15-11-12-20-21(16,17)18/h6-9,15H,2-5,10-12H2,1H3,(H,16,17,18). The molecule has 0 spiro atoms. The SMILES string of the molecule is CCOc1ccc(CCCCNCCSS(=O)(=O)O)cc1. The number of ether oxygens (including phenoxy) is 1. The number of hydrogen-bond acceptors (Lipinski definition) is 5. The second-order valence-electron chi connectivity index (χ2n) is 4.53. The lowest BCUT2D eigenvalue weighted by Gasteiger charge is -2.06. The molecule has 0 atom stereocenters. The van der Waals surface area contributed by atoms with E-state index >= 15 is 0 Å². The van der Waals surface area contributed by atoms with Crippen molar-refractivity contribution >= 4 is 19.9 Å². The Morgan fingerprint density at radius 1 is 1.19 bits per heavy atom. The van der Waals surface area contributed by atoms with E-state index in [1.165, 1.54) is 5.56 Å². The van der Waals surface area contributed by atoms with Crippen LogP contribution in [0, 0.1) is 0 Å². The van der Waals surface area contributed by atoms with E-state index in [4.69, 9.17) is 9.29 Å². The van der Waals surface area contributed by atoms with E-state index in [-0.39, 0.29) is 0 Å². The largest absolute Gasteiger partial charge is 0.494 e. The Morgan fingerprint density at radius 2 is 1.90 bits per heavy atom. The molecule has 0 aliphatic heterocycles. The predicted molar refractivity (Wildman–Crippen MR) is 87.4 cm³/mol. The van der Waals surface area contributed by atoms with Gasteiger partial charge in [0.05, 0.1) is 6.61 Å². The average Bonchev–Trinajstić information content (AvgIpc) is 2.43. The van der Waals surface area contributed by atoms with Gasteiger partial charge in [-0.2, -0.15) is 8.42 Å². The van der Waals surface area contributed by atoms with Crippen LogP contribution >= 0.6 is 10.8 Å². The highest BCUT2D eigenvalue weighted by molar-refractivity contribution is 8.69.